The summed E-state index contributed by atoms with van der Waals surface area (Å²) in [5.41, 5.74) is 2.89. The van der Waals surface area contributed by atoms with Gasteiger partial charge in [0.25, 0.3) is 5.91 Å². The van der Waals surface area contributed by atoms with Gasteiger partial charge in [-0.3, -0.25) is 9.59 Å². The Morgan fingerprint density at radius 2 is 1.97 bits per heavy atom. The van der Waals surface area contributed by atoms with Gasteiger partial charge in [-0.15, -0.1) is 0 Å². The number of piperidine rings is 1. The van der Waals surface area contributed by atoms with E-state index >= 15 is 0 Å². The number of hydrogen-bond acceptors (Lipinski definition) is 4. The van der Waals surface area contributed by atoms with Crippen molar-refractivity contribution >= 4 is 28.5 Å². The van der Waals surface area contributed by atoms with Crippen LogP contribution in [0.15, 0.2) is 42.6 Å². The Balaban J connectivity index is 1.55. The van der Waals surface area contributed by atoms with Gasteiger partial charge in [-0.2, -0.15) is 5.10 Å². The van der Waals surface area contributed by atoms with E-state index in [1.807, 2.05) is 61.9 Å². The van der Waals surface area contributed by atoms with Crippen LogP contribution in [0.1, 0.15) is 48.8 Å². The Hall–Kier alpha value is -3.22. The summed E-state index contributed by atoms with van der Waals surface area (Å²) in [5, 5.41) is 8.16. The molecule has 1 atom stereocenters. The highest BCUT2D eigenvalue weighted by atomic mass is 16.2. The van der Waals surface area contributed by atoms with Gasteiger partial charge in [-0.25, -0.2) is 9.67 Å². The number of fused-ring (bicyclic) bond motifs is 1. The van der Waals surface area contributed by atoms with E-state index in [4.69, 9.17) is 0 Å². The number of nitrogens with one attached hydrogen (secondary N) is 1. The standard InChI is InChI=1S/C23H27N5O2/c1-15(2)28-21-20(13-24-28)19(12-16(3)25-21)23(30)27-11-7-8-17(14-27)22(29)26-18-9-5-4-6-10-18/h4-6,9-10,12-13,15,17H,7-8,11,14H2,1-3H3,(H,26,29). The lowest BCUT2D eigenvalue weighted by molar-refractivity contribution is -0.121. The topological polar surface area (TPSA) is 80.1 Å². The number of amides is 2. The number of benzene rings is 1. The van der Waals surface area contributed by atoms with E-state index in [1.54, 1.807) is 11.1 Å². The normalized spacial score (nSPS) is 16.8. The molecule has 1 unspecified atom stereocenters. The maximum atomic E-state index is 13.4. The Bertz CT molecular complexity index is 1070. The molecule has 7 nitrogen and oxygen atoms in total. The molecule has 2 amide bonds. The Kier molecular flexibility index (Phi) is 5.53. The van der Waals surface area contributed by atoms with Crippen molar-refractivity contribution in [2.24, 2.45) is 5.92 Å². The molecule has 7 heteroatoms. The summed E-state index contributed by atoms with van der Waals surface area (Å²) in [4.78, 5) is 32.5. The van der Waals surface area contributed by atoms with Gasteiger partial charge in [0.05, 0.1) is 23.1 Å². The minimum atomic E-state index is -0.222. The van der Waals surface area contributed by atoms with Gasteiger partial charge in [0, 0.05) is 30.5 Å². The molecule has 0 bridgehead atoms. The van der Waals surface area contributed by atoms with Crippen LogP contribution in [0.5, 0.6) is 0 Å². The summed E-state index contributed by atoms with van der Waals surface area (Å²) in [6.45, 7) is 7.03. The van der Waals surface area contributed by atoms with Crippen LogP contribution in [0.2, 0.25) is 0 Å². The number of carbonyl (C=O) groups excluding carboxylic acids is 2. The van der Waals surface area contributed by atoms with Gasteiger partial charge in [0.15, 0.2) is 5.65 Å². The molecule has 3 aromatic rings. The molecule has 0 saturated carbocycles. The fourth-order valence-electron chi connectivity index (χ4n) is 4.01. The number of hydrogen-bond donors (Lipinski definition) is 1. The monoisotopic (exact) mass is 405 g/mol. The number of aromatic nitrogens is 3. The van der Waals surface area contributed by atoms with Gasteiger partial charge in [-0.05, 0) is 51.8 Å². The van der Waals surface area contributed by atoms with E-state index in [0.29, 0.717) is 18.7 Å². The summed E-state index contributed by atoms with van der Waals surface area (Å²) in [6, 6.07) is 11.4. The zero-order valence-corrected chi connectivity index (χ0v) is 17.6. The van der Waals surface area contributed by atoms with Crippen molar-refractivity contribution in [3.8, 4) is 0 Å². The minimum absolute atomic E-state index is 0.0395. The first-order chi connectivity index (χ1) is 14.4. The third kappa shape index (κ3) is 3.92. The maximum Gasteiger partial charge on any atom is 0.254 e. The molecule has 1 aromatic carbocycles. The van der Waals surface area contributed by atoms with Crippen molar-refractivity contribution < 1.29 is 9.59 Å². The van der Waals surface area contributed by atoms with Crippen LogP contribution in [0.4, 0.5) is 5.69 Å². The van der Waals surface area contributed by atoms with E-state index in [9.17, 15) is 9.59 Å². The highest BCUT2D eigenvalue weighted by Crippen LogP contribution is 2.25. The SMILES string of the molecule is Cc1cc(C(=O)N2CCCC(C(=O)Nc3ccccc3)C2)c2cnn(C(C)C)c2n1. The van der Waals surface area contributed by atoms with Crippen LogP contribution in [0.3, 0.4) is 0 Å². The highest BCUT2D eigenvalue weighted by molar-refractivity contribution is 6.06. The maximum absolute atomic E-state index is 13.4. The molecule has 0 spiro atoms. The van der Waals surface area contributed by atoms with Crippen LogP contribution in [0, 0.1) is 12.8 Å². The van der Waals surface area contributed by atoms with Crippen molar-refractivity contribution in [1.82, 2.24) is 19.7 Å². The fraction of sp³-hybridized carbons (Fsp3) is 0.391. The molecule has 2 aromatic heterocycles. The molecule has 0 aliphatic carbocycles. The van der Waals surface area contributed by atoms with Crippen molar-refractivity contribution in [3.63, 3.8) is 0 Å². The van der Waals surface area contributed by atoms with Crippen LogP contribution < -0.4 is 5.32 Å². The lowest BCUT2D eigenvalue weighted by Gasteiger charge is -2.32. The van der Waals surface area contributed by atoms with E-state index in [1.165, 1.54) is 0 Å². The van der Waals surface area contributed by atoms with E-state index < -0.39 is 0 Å². The lowest BCUT2D eigenvalue weighted by Crippen LogP contribution is -2.43. The number of para-hydroxylation sites is 1. The molecule has 1 N–H and O–H groups in total. The molecule has 1 aliphatic rings. The molecule has 1 fully saturated rings. The molecule has 30 heavy (non-hydrogen) atoms. The highest BCUT2D eigenvalue weighted by Gasteiger charge is 2.30. The smallest absolute Gasteiger partial charge is 0.254 e. The molecular formula is C23H27N5O2. The van der Waals surface area contributed by atoms with E-state index in [-0.39, 0.29) is 23.8 Å². The first-order valence-corrected chi connectivity index (χ1v) is 10.4. The number of aryl methyl sites for hydroxylation is 1. The van der Waals surface area contributed by atoms with Crippen molar-refractivity contribution in [1.29, 1.82) is 0 Å². The quantitative estimate of drug-likeness (QED) is 0.716. The van der Waals surface area contributed by atoms with Crippen LogP contribution in [0.25, 0.3) is 11.0 Å². The Morgan fingerprint density at radius 1 is 1.20 bits per heavy atom. The molecular weight excluding hydrogens is 378 g/mol. The zero-order valence-electron chi connectivity index (χ0n) is 17.6. The van der Waals surface area contributed by atoms with Crippen LogP contribution in [-0.2, 0) is 4.79 Å². The number of pyridine rings is 1. The second-order valence-electron chi connectivity index (χ2n) is 8.18. The van der Waals surface area contributed by atoms with Gasteiger partial charge in [0.2, 0.25) is 5.91 Å². The van der Waals surface area contributed by atoms with Crippen molar-refractivity contribution in [2.75, 3.05) is 18.4 Å². The van der Waals surface area contributed by atoms with Crippen molar-refractivity contribution in [2.45, 2.75) is 39.7 Å². The van der Waals surface area contributed by atoms with Crippen LogP contribution >= 0.6 is 0 Å². The largest absolute Gasteiger partial charge is 0.338 e. The van der Waals surface area contributed by atoms with Crippen molar-refractivity contribution in [3.05, 3.63) is 53.9 Å². The third-order valence-corrected chi connectivity index (χ3v) is 5.54. The molecule has 1 aliphatic heterocycles. The first-order valence-electron chi connectivity index (χ1n) is 10.4. The molecule has 156 valence electrons. The first kappa shape index (κ1) is 20.1. The summed E-state index contributed by atoms with van der Waals surface area (Å²) < 4.78 is 1.84. The Morgan fingerprint density at radius 3 is 2.70 bits per heavy atom. The van der Waals surface area contributed by atoms with Gasteiger partial charge in [-0.1, -0.05) is 18.2 Å². The second-order valence-corrected chi connectivity index (χ2v) is 8.18. The zero-order chi connectivity index (χ0) is 21.3. The third-order valence-electron chi connectivity index (χ3n) is 5.54. The molecule has 0 radical (unpaired) electrons. The van der Waals surface area contributed by atoms with Gasteiger partial charge < -0.3 is 10.2 Å². The number of likely N-dealkylation sites (tertiary alicyclic amines) is 1. The molecule has 3 heterocycles. The lowest BCUT2D eigenvalue weighted by atomic mass is 9.96. The predicted molar refractivity (Wildman–Crippen MR) is 116 cm³/mol. The average molecular weight is 406 g/mol. The molecule has 1 saturated heterocycles. The average Bonchev–Trinajstić information content (AvgIpc) is 3.17. The number of carbonyl (C=O) groups is 2. The second kappa shape index (κ2) is 8.26. The van der Waals surface area contributed by atoms with E-state index in [0.717, 1.165) is 35.3 Å². The van der Waals surface area contributed by atoms with Gasteiger partial charge >= 0.3 is 0 Å². The summed E-state index contributed by atoms with van der Waals surface area (Å²) in [7, 11) is 0. The Labute approximate surface area is 176 Å². The van der Waals surface area contributed by atoms with Crippen LogP contribution in [-0.4, -0.2) is 44.6 Å². The summed E-state index contributed by atoms with van der Waals surface area (Å²) >= 11 is 0. The molecule has 4 rings (SSSR count). The fourth-order valence-corrected chi connectivity index (χ4v) is 4.01. The van der Waals surface area contributed by atoms with E-state index in [2.05, 4.69) is 15.4 Å². The summed E-state index contributed by atoms with van der Waals surface area (Å²) in [6.07, 6.45) is 3.30. The number of anilines is 1. The van der Waals surface area contributed by atoms with Gasteiger partial charge in [0.1, 0.15) is 0 Å². The number of rotatable bonds is 4. The number of nitrogens with zero attached hydrogens (tertiary/aromatic N) is 4. The summed E-state index contributed by atoms with van der Waals surface area (Å²) in [5.74, 6) is -0.326. The minimum Gasteiger partial charge on any atom is -0.338 e. The predicted octanol–water partition coefficient (Wildman–Crippen LogP) is 3.81.